The monoisotopic (exact) mass is 233 g/mol. The number of nitrogens with zero attached hydrogens (tertiary/aromatic N) is 1. The molecular weight excluding hydrogens is 209 g/mol. The zero-order chi connectivity index (χ0) is 12.3. The molecule has 15 heavy (non-hydrogen) atoms. The largest absolute Gasteiger partial charge is 0.799 e. The molecule has 0 bridgehead atoms. The van der Waals surface area contributed by atoms with Gasteiger partial charge in [0.2, 0.25) is 0 Å². The topological polar surface area (TPSA) is 40.1 Å². The summed E-state index contributed by atoms with van der Waals surface area (Å²) in [5, 5.41) is 0. The van der Waals surface area contributed by atoms with Crippen molar-refractivity contribution in [1.82, 2.24) is 0 Å². The molecule has 0 fully saturated rings. The van der Waals surface area contributed by atoms with E-state index in [1.54, 1.807) is 0 Å². The molecule has 90 valence electrons. The van der Waals surface area contributed by atoms with Crippen LogP contribution in [0.4, 0.5) is 0 Å². The molecule has 0 aromatic carbocycles. The maximum Gasteiger partial charge on any atom is 0.0970 e. The Kier molecular flexibility index (Phi) is 11.5. The fourth-order valence-electron chi connectivity index (χ4n) is 1.33. The average molecular weight is 233 g/mol. The Balaban J connectivity index is 0. The number of rotatable bonds is 6. The molecule has 0 heterocycles. The molecule has 0 saturated heterocycles. The zero-order valence-corrected chi connectivity index (χ0v) is 11.2. The standard InChI is InChI=1S/C9H20N.C2H5O2P/c1-5-9-10(6-2,7-3)8-4;1-2-5(3)4/h5H,1,6-9H2,2-4H3;2,5H,1H2,(H,3,4)/q+1;/p-1. The first kappa shape index (κ1) is 17.0. The predicted octanol–water partition coefficient (Wildman–Crippen LogP) is 2.01. The van der Waals surface area contributed by atoms with Gasteiger partial charge in [0.15, 0.2) is 0 Å². The summed E-state index contributed by atoms with van der Waals surface area (Å²) in [5.74, 6) is 0.907. The van der Waals surface area contributed by atoms with E-state index in [1.165, 1.54) is 24.1 Å². The van der Waals surface area contributed by atoms with Crippen molar-refractivity contribution in [2.24, 2.45) is 0 Å². The van der Waals surface area contributed by atoms with Crippen molar-refractivity contribution < 1.29 is 13.9 Å². The lowest BCUT2D eigenvalue weighted by Gasteiger charge is -2.34. The Bertz CT molecular complexity index is 192. The van der Waals surface area contributed by atoms with E-state index in [4.69, 9.17) is 0 Å². The molecule has 1 unspecified atom stereocenters. The first-order chi connectivity index (χ1) is 7.01. The molecule has 0 amide bonds. The van der Waals surface area contributed by atoms with Crippen LogP contribution in [0, 0.1) is 0 Å². The van der Waals surface area contributed by atoms with Crippen LogP contribution in [-0.4, -0.2) is 30.7 Å². The normalized spacial score (nSPS) is 12.3. The zero-order valence-electron chi connectivity index (χ0n) is 10.2. The first-order valence-electron chi connectivity index (χ1n) is 5.31. The molecule has 0 rings (SSSR count). The second-order valence-corrected chi connectivity index (χ2v) is 4.33. The van der Waals surface area contributed by atoms with E-state index in [-0.39, 0.29) is 0 Å². The summed E-state index contributed by atoms with van der Waals surface area (Å²) in [6.07, 6.45) is 2.02. The fourth-order valence-corrected chi connectivity index (χ4v) is 1.33. The fraction of sp³-hybridized carbons (Fsp3) is 0.636. The van der Waals surface area contributed by atoms with Crippen molar-refractivity contribution in [3.63, 3.8) is 0 Å². The third-order valence-corrected chi connectivity index (χ3v) is 3.03. The summed E-state index contributed by atoms with van der Waals surface area (Å²) < 4.78 is 10.5. The molecule has 0 saturated carbocycles. The van der Waals surface area contributed by atoms with Gasteiger partial charge in [0.25, 0.3) is 0 Å². The van der Waals surface area contributed by atoms with E-state index in [0.717, 1.165) is 12.4 Å². The average Bonchev–Trinajstić information content (AvgIpc) is 2.27. The molecule has 0 aromatic rings. The third kappa shape index (κ3) is 8.61. The van der Waals surface area contributed by atoms with Crippen LogP contribution in [0.1, 0.15) is 20.8 Å². The minimum Gasteiger partial charge on any atom is -0.799 e. The lowest BCUT2D eigenvalue weighted by atomic mass is 10.3. The Morgan fingerprint density at radius 3 is 1.60 bits per heavy atom. The van der Waals surface area contributed by atoms with Crippen LogP contribution in [0.2, 0.25) is 0 Å². The number of hydrogen-bond donors (Lipinski definition) is 0. The smallest absolute Gasteiger partial charge is 0.0970 e. The minimum absolute atomic E-state index is 0.907. The van der Waals surface area contributed by atoms with Gasteiger partial charge in [0.05, 0.1) is 26.2 Å². The Hall–Kier alpha value is -0.370. The van der Waals surface area contributed by atoms with Crippen LogP contribution >= 0.6 is 8.03 Å². The highest BCUT2D eigenvalue weighted by Crippen LogP contribution is 2.04. The molecule has 0 aliphatic carbocycles. The summed E-state index contributed by atoms with van der Waals surface area (Å²) in [6.45, 7) is 18.3. The van der Waals surface area contributed by atoms with E-state index in [0.29, 0.717) is 0 Å². The van der Waals surface area contributed by atoms with Gasteiger partial charge in [-0.2, -0.15) is 0 Å². The van der Waals surface area contributed by atoms with E-state index < -0.39 is 8.03 Å². The summed E-state index contributed by atoms with van der Waals surface area (Å²) in [4.78, 5) is 9.32. The Labute approximate surface area is 94.6 Å². The number of likely N-dealkylation sites (N-methyl/N-ethyl adjacent to an activating group) is 1. The first-order valence-corrected chi connectivity index (χ1v) is 6.70. The van der Waals surface area contributed by atoms with E-state index in [1.807, 2.05) is 6.08 Å². The van der Waals surface area contributed by atoms with Gasteiger partial charge in [-0.25, -0.2) is 0 Å². The summed E-state index contributed by atoms with van der Waals surface area (Å²) in [6, 6.07) is 0. The van der Waals surface area contributed by atoms with E-state index in [2.05, 4.69) is 33.9 Å². The SMILES string of the molecule is C=CC[N+](CC)(CC)CC.C=C[PH](=O)[O-]. The molecule has 3 nitrogen and oxygen atoms in total. The summed E-state index contributed by atoms with van der Waals surface area (Å²) in [5.41, 5.74) is 0. The highest BCUT2D eigenvalue weighted by molar-refractivity contribution is 7.40. The van der Waals surface area contributed by atoms with Crippen molar-refractivity contribution >= 4 is 8.03 Å². The number of hydrogen-bond acceptors (Lipinski definition) is 2. The van der Waals surface area contributed by atoms with Crippen molar-refractivity contribution in [2.75, 3.05) is 26.2 Å². The van der Waals surface area contributed by atoms with Gasteiger partial charge < -0.3 is 13.9 Å². The van der Waals surface area contributed by atoms with Crippen molar-refractivity contribution in [3.8, 4) is 0 Å². The van der Waals surface area contributed by atoms with Crippen LogP contribution in [-0.2, 0) is 4.57 Å². The van der Waals surface area contributed by atoms with Gasteiger partial charge in [-0.1, -0.05) is 13.2 Å². The molecule has 1 atom stereocenters. The van der Waals surface area contributed by atoms with Gasteiger partial charge in [0, 0.05) is 8.03 Å². The lowest BCUT2D eigenvalue weighted by Crippen LogP contribution is -2.47. The van der Waals surface area contributed by atoms with Crippen molar-refractivity contribution in [3.05, 3.63) is 25.1 Å². The highest BCUT2D eigenvalue weighted by atomic mass is 31.1. The van der Waals surface area contributed by atoms with Gasteiger partial charge in [0.1, 0.15) is 0 Å². The molecule has 4 heteroatoms. The maximum atomic E-state index is 9.32. The summed E-state index contributed by atoms with van der Waals surface area (Å²) >= 11 is 0. The Morgan fingerprint density at radius 1 is 1.20 bits per heavy atom. The van der Waals surface area contributed by atoms with Crippen LogP contribution < -0.4 is 4.89 Å². The molecule has 0 radical (unpaired) electrons. The van der Waals surface area contributed by atoms with Crippen molar-refractivity contribution in [2.45, 2.75) is 20.8 Å². The van der Waals surface area contributed by atoms with Gasteiger partial charge >= 0.3 is 0 Å². The summed E-state index contributed by atoms with van der Waals surface area (Å²) in [7, 11) is -2.61. The van der Waals surface area contributed by atoms with Crippen LogP contribution in [0.25, 0.3) is 0 Å². The molecular formula is C11H24NO2P. The molecule has 0 spiro atoms. The molecule has 0 aromatic heterocycles. The molecule has 0 aliphatic heterocycles. The second kappa shape index (κ2) is 10.2. The van der Waals surface area contributed by atoms with Gasteiger partial charge in [-0.05, 0) is 32.7 Å². The predicted molar refractivity (Wildman–Crippen MR) is 66.1 cm³/mol. The molecule has 0 N–H and O–H groups in total. The van der Waals surface area contributed by atoms with Gasteiger partial charge in [-0.3, -0.25) is 0 Å². The van der Waals surface area contributed by atoms with Gasteiger partial charge in [-0.15, -0.1) is 0 Å². The van der Waals surface area contributed by atoms with Crippen LogP contribution in [0.5, 0.6) is 0 Å². The van der Waals surface area contributed by atoms with Crippen LogP contribution in [0.3, 0.4) is 0 Å². The maximum absolute atomic E-state index is 9.32. The highest BCUT2D eigenvalue weighted by Gasteiger charge is 2.17. The second-order valence-electron chi connectivity index (χ2n) is 3.28. The van der Waals surface area contributed by atoms with Crippen LogP contribution in [0.15, 0.2) is 25.1 Å². The van der Waals surface area contributed by atoms with E-state index in [9.17, 15) is 9.46 Å². The number of quaternary nitrogens is 1. The third-order valence-electron chi connectivity index (χ3n) is 2.70. The van der Waals surface area contributed by atoms with Crippen molar-refractivity contribution in [1.29, 1.82) is 0 Å². The quantitative estimate of drug-likeness (QED) is 0.400. The minimum atomic E-state index is -2.61. The molecule has 0 aliphatic rings. The Morgan fingerprint density at radius 2 is 1.53 bits per heavy atom. The lowest BCUT2D eigenvalue weighted by molar-refractivity contribution is -0.917. The van der Waals surface area contributed by atoms with E-state index >= 15 is 0 Å².